The third-order valence-electron chi connectivity index (χ3n) is 3.20. The molecule has 0 heterocycles. The van der Waals surface area contributed by atoms with Gasteiger partial charge < -0.3 is 4.43 Å². The summed E-state index contributed by atoms with van der Waals surface area (Å²) in [5.41, 5.74) is 3.16. The van der Waals surface area contributed by atoms with Crippen LogP contribution >= 0.6 is 0 Å². The van der Waals surface area contributed by atoms with Crippen molar-refractivity contribution in [3.05, 3.63) is 69.3 Å². The predicted octanol–water partition coefficient (Wildman–Crippen LogP) is 2.67. The average Bonchev–Trinajstić information content (AvgIpc) is 2.44. The molecule has 0 aliphatic carbocycles. The molecule has 0 bridgehead atoms. The van der Waals surface area contributed by atoms with Crippen molar-refractivity contribution in [2.45, 2.75) is 20.5 Å². The zero-order valence-corrected chi connectivity index (χ0v) is 12.4. The van der Waals surface area contributed by atoms with Gasteiger partial charge in [-0.15, -0.1) is 0 Å². The first kappa shape index (κ1) is 14.4. The van der Waals surface area contributed by atoms with Crippen molar-refractivity contribution in [2.75, 3.05) is 0 Å². The Morgan fingerprint density at radius 3 is 2.65 bits per heavy atom. The van der Waals surface area contributed by atoms with E-state index in [1.165, 1.54) is 17.2 Å². The average molecular weight is 285 g/mol. The molecule has 2 aromatic carbocycles. The lowest BCUT2D eigenvalue weighted by molar-refractivity contribution is -0.385. The second-order valence-electron chi connectivity index (χ2n) is 4.52. The van der Waals surface area contributed by atoms with Crippen LogP contribution < -0.4 is 5.19 Å². The molecule has 0 atom stereocenters. The Kier molecular flexibility index (Phi) is 4.65. The number of benzene rings is 2. The van der Waals surface area contributed by atoms with Crippen LogP contribution in [0.5, 0.6) is 0 Å². The fourth-order valence-electron chi connectivity index (χ4n) is 1.86. The minimum absolute atomic E-state index is 0.110. The van der Waals surface area contributed by atoms with Gasteiger partial charge in [0.25, 0.3) is 15.5 Å². The fourth-order valence-corrected chi connectivity index (χ4v) is 2.76. The highest BCUT2D eigenvalue weighted by Crippen LogP contribution is 2.18. The largest absolute Gasteiger partial charge is 0.407 e. The molecule has 20 heavy (non-hydrogen) atoms. The highest BCUT2D eigenvalue weighted by molar-refractivity contribution is 6.47. The Balaban J connectivity index is 2.03. The normalized spacial score (nSPS) is 10.5. The van der Waals surface area contributed by atoms with Crippen molar-refractivity contribution >= 4 is 20.6 Å². The Labute approximate surface area is 120 Å². The topological polar surface area (TPSA) is 52.4 Å². The van der Waals surface area contributed by atoms with E-state index in [2.05, 4.69) is 19.9 Å². The van der Waals surface area contributed by atoms with Crippen molar-refractivity contribution < 1.29 is 9.35 Å². The Hall–Kier alpha value is -1.98. The Morgan fingerprint density at radius 1 is 1.15 bits per heavy atom. The number of para-hydroxylation sites is 1. The molecule has 2 rings (SSSR count). The third kappa shape index (κ3) is 3.31. The van der Waals surface area contributed by atoms with Crippen LogP contribution in [0, 0.1) is 24.0 Å². The lowest BCUT2D eigenvalue weighted by atomic mass is 10.1. The van der Waals surface area contributed by atoms with E-state index in [9.17, 15) is 10.1 Å². The summed E-state index contributed by atoms with van der Waals surface area (Å²) < 4.78 is 5.66. The molecule has 0 aliphatic heterocycles. The summed E-state index contributed by atoms with van der Waals surface area (Å²) in [5, 5.41) is 12.0. The van der Waals surface area contributed by atoms with E-state index in [0.717, 1.165) is 5.19 Å². The molecule has 0 N–H and O–H groups in total. The van der Waals surface area contributed by atoms with E-state index in [0.29, 0.717) is 5.56 Å². The van der Waals surface area contributed by atoms with Gasteiger partial charge in [-0.25, -0.2) is 0 Å². The number of nitro groups is 1. The second kappa shape index (κ2) is 6.45. The molecule has 2 aromatic rings. The van der Waals surface area contributed by atoms with Gasteiger partial charge in [0.05, 0.1) is 17.1 Å². The molecule has 0 saturated carbocycles. The molecule has 0 spiro atoms. The van der Waals surface area contributed by atoms with E-state index in [1.807, 2.05) is 12.1 Å². The van der Waals surface area contributed by atoms with Gasteiger partial charge in [0.2, 0.25) is 0 Å². The van der Waals surface area contributed by atoms with E-state index in [1.54, 1.807) is 18.2 Å². The van der Waals surface area contributed by atoms with Crippen LogP contribution in [-0.2, 0) is 11.0 Å². The summed E-state index contributed by atoms with van der Waals surface area (Å²) >= 11 is 0. The van der Waals surface area contributed by atoms with Crippen LogP contribution in [0.3, 0.4) is 0 Å². The summed E-state index contributed by atoms with van der Waals surface area (Å²) in [6, 6.07) is 12.8. The summed E-state index contributed by atoms with van der Waals surface area (Å²) in [6.07, 6.45) is 0. The second-order valence-corrected chi connectivity index (χ2v) is 5.56. The highest BCUT2D eigenvalue weighted by Gasteiger charge is 2.12. The molecule has 0 aromatic heterocycles. The van der Waals surface area contributed by atoms with Gasteiger partial charge in [-0.1, -0.05) is 30.3 Å². The van der Waals surface area contributed by atoms with Crippen LogP contribution in [0.25, 0.3) is 0 Å². The number of nitro benzene ring substituents is 1. The number of rotatable bonds is 5. The molecule has 0 unspecified atom stereocenters. The summed E-state index contributed by atoms with van der Waals surface area (Å²) in [4.78, 5) is 10.5. The smallest absolute Gasteiger partial charge is 0.274 e. The zero-order valence-electron chi connectivity index (χ0n) is 11.4. The molecule has 102 valence electrons. The van der Waals surface area contributed by atoms with Gasteiger partial charge in [0.15, 0.2) is 0 Å². The van der Waals surface area contributed by atoms with Crippen LogP contribution in [0.15, 0.2) is 42.5 Å². The molecule has 4 nitrogen and oxygen atoms in total. The summed E-state index contributed by atoms with van der Waals surface area (Å²) in [7, 11) is 0.193. The summed E-state index contributed by atoms with van der Waals surface area (Å²) in [5.74, 6) is 0. The highest BCUT2D eigenvalue weighted by atomic mass is 28.2. The first-order valence-corrected chi connectivity index (χ1v) is 7.16. The van der Waals surface area contributed by atoms with Crippen molar-refractivity contribution in [3.63, 3.8) is 0 Å². The lowest BCUT2D eigenvalue weighted by Crippen LogP contribution is -2.21. The van der Waals surface area contributed by atoms with Gasteiger partial charge in [-0.05, 0) is 36.2 Å². The monoisotopic (exact) mass is 285 g/mol. The first-order chi connectivity index (χ1) is 9.59. The van der Waals surface area contributed by atoms with Crippen molar-refractivity contribution in [1.29, 1.82) is 0 Å². The van der Waals surface area contributed by atoms with Crippen LogP contribution in [0.4, 0.5) is 5.69 Å². The van der Waals surface area contributed by atoms with E-state index >= 15 is 0 Å². The van der Waals surface area contributed by atoms with Crippen molar-refractivity contribution in [2.24, 2.45) is 0 Å². The molecule has 0 fully saturated rings. The quantitative estimate of drug-likeness (QED) is 0.482. The van der Waals surface area contributed by atoms with Crippen molar-refractivity contribution in [3.8, 4) is 0 Å². The number of hydrogen-bond donors (Lipinski definition) is 0. The Morgan fingerprint density at radius 2 is 1.90 bits per heavy atom. The molecule has 0 amide bonds. The number of nitrogens with zero attached hydrogens (tertiary/aromatic N) is 1. The summed E-state index contributed by atoms with van der Waals surface area (Å²) in [6.45, 7) is 4.38. The van der Waals surface area contributed by atoms with Gasteiger partial charge in [0.1, 0.15) is 0 Å². The van der Waals surface area contributed by atoms with E-state index in [4.69, 9.17) is 4.43 Å². The van der Waals surface area contributed by atoms with E-state index < -0.39 is 0 Å². The number of hydrogen-bond acceptors (Lipinski definition) is 3. The maximum atomic E-state index is 10.9. The standard InChI is InChI=1S/C15H15NO3Si/c1-11-6-5-9-15(12(11)2)20-19-10-13-7-3-4-8-14(13)16(17)18/h3-9H,10H2,1-2H3. The number of aryl methyl sites for hydroxylation is 1. The molecular weight excluding hydrogens is 270 g/mol. The SMILES string of the molecule is Cc1cccc([Si]OCc2ccccc2[N+](=O)[O-])c1C. The predicted molar refractivity (Wildman–Crippen MR) is 79.2 cm³/mol. The van der Waals surface area contributed by atoms with Gasteiger partial charge >= 0.3 is 0 Å². The van der Waals surface area contributed by atoms with Crippen molar-refractivity contribution in [1.82, 2.24) is 0 Å². The molecule has 5 heteroatoms. The lowest BCUT2D eigenvalue weighted by Gasteiger charge is -2.08. The van der Waals surface area contributed by atoms with Gasteiger partial charge in [-0.3, -0.25) is 10.1 Å². The molecular formula is C15H15NO3Si. The fraction of sp³-hybridized carbons (Fsp3) is 0.200. The van der Waals surface area contributed by atoms with Gasteiger partial charge in [-0.2, -0.15) is 0 Å². The Bertz CT molecular complexity index is 628. The molecule has 2 radical (unpaired) electrons. The van der Waals surface area contributed by atoms with Gasteiger partial charge in [0, 0.05) is 6.07 Å². The molecule has 0 aliphatic rings. The van der Waals surface area contributed by atoms with Crippen LogP contribution in [0.1, 0.15) is 16.7 Å². The minimum atomic E-state index is -0.375. The van der Waals surface area contributed by atoms with Crippen LogP contribution in [0.2, 0.25) is 0 Å². The first-order valence-electron chi connectivity index (χ1n) is 6.26. The third-order valence-corrected chi connectivity index (χ3v) is 4.25. The van der Waals surface area contributed by atoms with E-state index in [-0.39, 0.29) is 27.0 Å². The molecule has 0 saturated heterocycles. The maximum absolute atomic E-state index is 10.9. The van der Waals surface area contributed by atoms with Crippen LogP contribution in [-0.4, -0.2) is 14.7 Å². The maximum Gasteiger partial charge on any atom is 0.274 e. The minimum Gasteiger partial charge on any atom is -0.407 e. The zero-order chi connectivity index (χ0) is 14.5.